The summed E-state index contributed by atoms with van der Waals surface area (Å²) in [6.07, 6.45) is 5.37. The van der Waals surface area contributed by atoms with E-state index in [9.17, 15) is 4.79 Å². The second-order valence-corrected chi connectivity index (χ2v) is 6.19. The number of halogens is 2. The zero-order chi connectivity index (χ0) is 16.6. The normalized spacial score (nSPS) is 13.1. The zero-order valence-corrected chi connectivity index (χ0v) is 15.9. The second kappa shape index (κ2) is 10.9. The lowest BCUT2D eigenvalue weighted by Crippen LogP contribution is -2.37. The molecular formula is C18H29Cl2NO2. The van der Waals surface area contributed by atoms with Crippen molar-refractivity contribution in [3.05, 3.63) is 34.3 Å². The van der Waals surface area contributed by atoms with Gasteiger partial charge in [-0.1, -0.05) is 50.8 Å². The smallest absolute Gasteiger partial charge is 0.310 e. The predicted octanol–water partition coefficient (Wildman–Crippen LogP) is 5.01. The molecule has 1 unspecified atom stereocenters. The highest BCUT2D eigenvalue weighted by Crippen LogP contribution is 2.32. The number of ether oxygens (including phenoxy) is 1. The molecule has 0 aromatic heterocycles. The number of benzene rings is 1. The van der Waals surface area contributed by atoms with Gasteiger partial charge in [-0.05, 0) is 43.0 Å². The lowest BCUT2D eigenvalue weighted by atomic mass is 9.80. The minimum absolute atomic E-state index is 0. The van der Waals surface area contributed by atoms with Gasteiger partial charge in [-0.3, -0.25) is 4.79 Å². The second-order valence-electron chi connectivity index (χ2n) is 5.75. The minimum atomic E-state index is -0.415. The molecule has 132 valence electrons. The monoisotopic (exact) mass is 361 g/mol. The van der Waals surface area contributed by atoms with Crippen molar-refractivity contribution in [3.8, 4) is 0 Å². The van der Waals surface area contributed by atoms with Crippen molar-refractivity contribution in [2.75, 3.05) is 6.61 Å². The van der Waals surface area contributed by atoms with Gasteiger partial charge in [-0.2, -0.15) is 0 Å². The van der Waals surface area contributed by atoms with Gasteiger partial charge in [0.2, 0.25) is 0 Å². The molecule has 0 amide bonds. The highest BCUT2D eigenvalue weighted by molar-refractivity contribution is 6.30. The first-order valence-corrected chi connectivity index (χ1v) is 8.58. The van der Waals surface area contributed by atoms with Crippen LogP contribution in [0.4, 0.5) is 0 Å². The molecule has 5 heteroatoms. The summed E-state index contributed by atoms with van der Waals surface area (Å²) in [6.45, 7) is 6.46. The topological polar surface area (TPSA) is 52.3 Å². The Kier molecular flexibility index (Phi) is 10.5. The molecule has 1 aromatic rings. The van der Waals surface area contributed by atoms with E-state index in [0.29, 0.717) is 11.6 Å². The maximum absolute atomic E-state index is 11.8. The number of carbonyl (C=O) groups is 1. The summed E-state index contributed by atoms with van der Waals surface area (Å²) in [6, 6.07) is 5.65. The number of esters is 1. The van der Waals surface area contributed by atoms with Crippen LogP contribution >= 0.6 is 24.0 Å². The van der Waals surface area contributed by atoms with Crippen LogP contribution < -0.4 is 5.73 Å². The van der Waals surface area contributed by atoms with Gasteiger partial charge in [0.05, 0.1) is 13.0 Å². The first-order valence-electron chi connectivity index (χ1n) is 8.20. The van der Waals surface area contributed by atoms with E-state index in [0.717, 1.165) is 36.8 Å². The number of nitrogens with two attached hydrogens (primary N) is 1. The van der Waals surface area contributed by atoms with Crippen molar-refractivity contribution in [1.82, 2.24) is 0 Å². The highest BCUT2D eigenvalue weighted by atomic mass is 35.5. The van der Waals surface area contributed by atoms with Crippen molar-refractivity contribution in [3.63, 3.8) is 0 Å². The van der Waals surface area contributed by atoms with Crippen LogP contribution in [0.5, 0.6) is 0 Å². The highest BCUT2D eigenvalue weighted by Gasteiger charge is 2.28. The van der Waals surface area contributed by atoms with Gasteiger partial charge in [-0.15, -0.1) is 12.4 Å². The molecule has 0 aliphatic rings. The van der Waals surface area contributed by atoms with Crippen LogP contribution in [-0.4, -0.2) is 12.6 Å². The van der Waals surface area contributed by atoms with Crippen molar-refractivity contribution >= 4 is 30.0 Å². The summed E-state index contributed by atoms with van der Waals surface area (Å²) in [5.74, 6) is -0.238. The molecule has 0 aliphatic heterocycles. The Balaban J connectivity index is 0.00000484. The van der Waals surface area contributed by atoms with E-state index in [1.807, 2.05) is 18.2 Å². The molecule has 0 fully saturated rings. The van der Waals surface area contributed by atoms with E-state index in [1.54, 1.807) is 6.92 Å². The maximum Gasteiger partial charge on any atom is 0.310 e. The third kappa shape index (κ3) is 6.70. The zero-order valence-electron chi connectivity index (χ0n) is 14.4. The molecule has 2 N–H and O–H groups in total. The van der Waals surface area contributed by atoms with Gasteiger partial charge in [0.15, 0.2) is 0 Å². The van der Waals surface area contributed by atoms with E-state index >= 15 is 0 Å². The molecule has 1 atom stereocenters. The van der Waals surface area contributed by atoms with Crippen molar-refractivity contribution in [1.29, 1.82) is 0 Å². The van der Waals surface area contributed by atoms with Crippen LogP contribution in [0.15, 0.2) is 18.2 Å². The van der Waals surface area contributed by atoms with Gasteiger partial charge in [0, 0.05) is 10.6 Å². The summed E-state index contributed by atoms with van der Waals surface area (Å²) in [4.78, 5) is 11.8. The molecule has 1 aromatic carbocycles. The summed E-state index contributed by atoms with van der Waals surface area (Å²) < 4.78 is 5.06. The number of hydrogen-bond acceptors (Lipinski definition) is 3. The average Bonchev–Trinajstić information content (AvgIpc) is 2.47. The fourth-order valence-electron chi connectivity index (χ4n) is 2.75. The van der Waals surface area contributed by atoms with Crippen LogP contribution in [0.3, 0.4) is 0 Å². The fraction of sp³-hybridized carbons (Fsp3) is 0.611. The molecule has 3 nitrogen and oxygen atoms in total. The molecular weight excluding hydrogens is 333 g/mol. The third-order valence-electron chi connectivity index (χ3n) is 4.10. The van der Waals surface area contributed by atoms with Gasteiger partial charge < -0.3 is 10.5 Å². The summed E-state index contributed by atoms with van der Waals surface area (Å²) in [5.41, 5.74) is 8.15. The largest absolute Gasteiger partial charge is 0.466 e. The van der Waals surface area contributed by atoms with Crippen molar-refractivity contribution in [2.24, 2.45) is 5.73 Å². The minimum Gasteiger partial charge on any atom is -0.466 e. The fourth-order valence-corrected chi connectivity index (χ4v) is 2.95. The number of unbranched alkanes of at least 4 members (excludes halogenated alkanes) is 2. The molecule has 0 heterocycles. The van der Waals surface area contributed by atoms with Crippen molar-refractivity contribution < 1.29 is 9.53 Å². The molecule has 0 saturated carbocycles. The van der Waals surface area contributed by atoms with Crippen LogP contribution in [-0.2, 0) is 21.5 Å². The van der Waals surface area contributed by atoms with E-state index in [-0.39, 0.29) is 24.8 Å². The van der Waals surface area contributed by atoms with E-state index in [4.69, 9.17) is 22.1 Å². The van der Waals surface area contributed by atoms with Gasteiger partial charge in [0.25, 0.3) is 0 Å². The Morgan fingerprint density at radius 1 is 1.26 bits per heavy atom. The van der Waals surface area contributed by atoms with Crippen LogP contribution in [0.25, 0.3) is 0 Å². The van der Waals surface area contributed by atoms with Crippen LogP contribution in [0.2, 0.25) is 5.02 Å². The number of rotatable bonds is 9. The van der Waals surface area contributed by atoms with E-state index in [2.05, 4.69) is 13.8 Å². The van der Waals surface area contributed by atoms with Crippen molar-refractivity contribution in [2.45, 2.75) is 64.8 Å². The van der Waals surface area contributed by atoms with Gasteiger partial charge in [0.1, 0.15) is 0 Å². The SMILES string of the molecule is CCCCCC(N)(CC)c1ccc(Cl)cc1CC(=O)OCC.Cl. The Morgan fingerprint density at radius 3 is 2.52 bits per heavy atom. The Hall–Kier alpha value is -0.770. The standard InChI is InChI=1S/C18H28ClNO2.ClH/c1-4-7-8-11-18(20,5-2)16-10-9-15(19)12-14(16)13-17(21)22-6-3;/h9-10,12H,4-8,11,13,20H2,1-3H3;1H. The number of carbonyl (C=O) groups excluding carboxylic acids is 1. The van der Waals surface area contributed by atoms with Crippen LogP contribution in [0.1, 0.15) is 64.0 Å². The molecule has 0 radical (unpaired) electrons. The average molecular weight is 362 g/mol. The lowest BCUT2D eigenvalue weighted by molar-refractivity contribution is -0.142. The molecule has 0 aliphatic carbocycles. The summed E-state index contributed by atoms with van der Waals surface area (Å²) >= 11 is 6.10. The van der Waals surface area contributed by atoms with Gasteiger partial charge in [-0.25, -0.2) is 0 Å². The van der Waals surface area contributed by atoms with E-state index < -0.39 is 5.54 Å². The first-order chi connectivity index (χ1) is 10.5. The summed E-state index contributed by atoms with van der Waals surface area (Å²) in [7, 11) is 0. The third-order valence-corrected chi connectivity index (χ3v) is 4.34. The molecule has 0 saturated heterocycles. The van der Waals surface area contributed by atoms with Crippen LogP contribution in [0, 0.1) is 0 Å². The Bertz CT molecular complexity index is 494. The molecule has 23 heavy (non-hydrogen) atoms. The van der Waals surface area contributed by atoms with E-state index in [1.165, 1.54) is 6.42 Å². The molecule has 1 rings (SSSR count). The van der Waals surface area contributed by atoms with Gasteiger partial charge >= 0.3 is 5.97 Å². The first kappa shape index (κ1) is 22.2. The Labute approximate surface area is 151 Å². The number of hydrogen-bond donors (Lipinski definition) is 1. The summed E-state index contributed by atoms with van der Waals surface area (Å²) in [5, 5.41) is 0.620. The quantitative estimate of drug-likeness (QED) is 0.496. The maximum atomic E-state index is 11.8. The molecule has 0 spiro atoms. The Morgan fingerprint density at radius 2 is 1.96 bits per heavy atom. The lowest BCUT2D eigenvalue weighted by Gasteiger charge is -2.31. The predicted molar refractivity (Wildman–Crippen MR) is 99.3 cm³/mol. The molecule has 0 bridgehead atoms.